The number of nitrogens with two attached hydrogens (primary N) is 1. The summed E-state index contributed by atoms with van der Waals surface area (Å²) in [6, 6.07) is 7.43. The highest BCUT2D eigenvalue weighted by Crippen LogP contribution is 2.18. The summed E-state index contributed by atoms with van der Waals surface area (Å²) in [6.45, 7) is 0.429. The van der Waals surface area contributed by atoms with Crippen LogP contribution in [0.1, 0.15) is 10.6 Å². The van der Waals surface area contributed by atoms with Gasteiger partial charge in [-0.05, 0) is 18.1 Å². The number of carbonyl (C=O) groups is 1. The van der Waals surface area contributed by atoms with Crippen molar-refractivity contribution in [1.29, 1.82) is 0 Å². The molecular formula is C15H16N4OS. The molecule has 0 radical (unpaired) electrons. The molecule has 21 heavy (non-hydrogen) atoms. The Bertz CT molecular complexity index is 735. The number of hydrogen-bond donors (Lipinski definition) is 3. The van der Waals surface area contributed by atoms with Gasteiger partial charge in [-0.3, -0.25) is 4.79 Å². The lowest BCUT2D eigenvalue weighted by Gasteiger charge is -2.11. The zero-order valence-electron chi connectivity index (χ0n) is 11.4. The van der Waals surface area contributed by atoms with Crippen LogP contribution < -0.4 is 11.1 Å². The van der Waals surface area contributed by atoms with E-state index in [1.807, 2.05) is 35.8 Å². The highest BCUT2D eigenvalue weighted by Gasteiger charge is 2.16. The Hall–Kier alpha value is -2.18. The van der Waals surface area contributed by atoms with E-state index in [9.17, 15) is 4.79 Å². The van der Waals surface area contributed by atoms with Crippen LogP contribution in [0.2, 0.25) is 0 Å². The van der Waals surface area contributed by atoms with Gasteiger partial charge in [0.05, 0.1) is 12.6 Å². The second kappa shape index (κ2) is 6.07. The summed E-state index contributed by atoms with van der Waals surface area (Å²) in [5, 5.41) is 6.69. The first-order valence-corrected chi connectivity index (χ1v) is 7.58. The number of thiazole rings is 1. The quantitative estimate of drug-likeness (QED) is 0.672. The standard InChI is InChI=1S/C15H16N4OS/c16-12(15(20)19-9-14-17-5-6-21-14)7-10-8-18-13-4-2-1-3-11(10)13/h1-6,8,12,18H,7,9,16H2,(H,19,20). The molecule has 0 fully saturated rings. The molecule has 0 spiro atoms. The van der Waals surface area contributed by atoms with Gasteiger partial charge >= 0.3 is 0 Å². The molecule has 1 atom stereocenters. The van der Waals surface area contributed by atoms with Crippen molar-refractivity contribution in [2.45, 2.75) is 19.0 Å². The van der Waals surface area contributed by atoms with Crippen molar-refractivity contribution in [3.8, 4) is 0 Å². The van der Waals surface area contributed by atoms with Crippen LogP contribution in [0, 0.1) is 0 Å². The minimum absolute atomic E-state index is 0.157. The molecule has 0 saturated carbocycles. The van der Waals surface area contributed by atoms with Crippen LogP contribution in [0.3, 0.4) is 0 Å². The lowest BCUT2D eigenvalue weighted by atomic mass is 10.1. The molecule has 1 aromatic carbocycles. The Morgan fingerprint density at radius 3 is 3.10 bits per heavy atom. The number of amides is 1. The smallest absolute Gasteiger partial charge is 0.237 e. The van der Waals surface area contributed by atoms with E-state index in [0.717, 1.165) is 21.5 Å². The fraction of sp³-hybridized carbons (Fsp3) is 0.200. The number of carbonyl (C=O) groups excluding carboxylic acids is 1. The predicted molar refractivity (Wildman–Crippen MR) is 83.9 cm³/mol. The Balaban J connectivity index is 1.62. The maximum absolute atomic E-state index is 12.0. The fourth-order valence-electron chi connectivity index (χ4n) is 2.26. The topological polar surface area (TPSA) is 83.8 Å². The van der Waals surface area contributed by atoms with Gasteiger partial charge in [0.15, 0.2) is 0 Å². The predicted octanol–water partition coefficient (Wildman–Crippen LogP) is 1.81. The number of aromatic amines is 1. The number of benzene rings is 1. The maximum Gasteiger partial charge on any atom is 0.237 e. The van der Waals surface area contributed by atoms with Crippen molar-refractivity contribution in [2.24, 2.45) is 5.73 Å². The van der Waals surface area contributed by atoms with Crippen LogP contribution in [-0.2, 0) is 17.8 Å². The average Bonchev–Trinajstić information content (AvgIpc) is 3.15. The average molecular weight is 300 g/mol. The van der Waals surface area contributed by atoms with Crippen LogP contribution in [0.5, 0.6) is 0 Å². The highest BCUT2D eigenvalue weighted by atomic mass is 32.1. The van der Waals surface area contributed by atoms with E-state index < -0.39 is 6.04 Å². The van der Waals surface area contributed by atoms with E-state index in [0.29, 0.717) is 13.0 Å². The van der Waals surface area contributed by atoms with Crippen molar-refractivity contribution in [1.82, 2.24) is 15.3 Å². The lowest BCUT2D eigenvalue weighted by molar-refractivity contribution is -0.122. The molecule has 0 aliphatic heterocycles. The Kier molecular flexibility index (Phi) is 3.98. The van der Waals surface area contributed by atoms with Crippen LogP contribution in [0.25, 0.3) is 10.9 Å². The number of hydrogen-bond acceptors (Lipinski definition) is 4. The van der Waals surface area contributed by atoms with Gasteiger partial charge in [0.25, 0.3) is 0 Å². The summed E-state index contributed by atoms with van der Waals surface area (Å²) < 4.78 is 0. The van der Waals surface area contributed by atoms with Gasteiger partial charge in [-0.25, -0.2) is 4.98 Å². The molecule has 3 aromatic rings. The van der Waals surface area contributed by atoms with E-state index in [2.05, 4.69) is 15.3 Å². The van der Waals surface area contributed by atoms with Gasteiger partial charge in [-0.1, -0.05) is 18.2 Å². The number of H-pyrrole nitrogens is 1. The second-order valence-electron chi connectivity index (χ2n) is 4.81. The molecule has 3 rings (SSSR count). The number of fused-ring (bicyclic) bond motifs is 1. The van der Waals surface area contributed by atoms with E-state index >= 15 is 0 Å². The SMILES string of the molecule is NC(Cc1c[nH]c2ccccc12)C(=O)NCc1nccs1. The third kappa shape index (κ3) is 3.12. The van der Waals surface area contributed by atoms with Gasteiger partial charge in [-0.15, -0.1) is 11.3 Å². The number of para-hydroxylation sites is 1. The number of nitrogens with one attached hydrogen (secondary N) is 2. The molecule has 2 aromatic heterocycles. The van der Waals surface area contributed by atoms with Crippen molar-refractivity contribution < 1.29 is 4.79 Å². The zero-order chi connectivity index (χ0) is 14.7. The Morgan fingerprint density at radius 1 is 1.43 bits per heavy atom. The van der Waals surface area contributed by atoms with Gasteiger partial charge < -0.3 is 16.0 Å². The Labute approximate surface area is 126 Å². The number of nitrogens with zero attached hydrogens (tertiary/aromatic N) is 1. The summed E-state index contributed by atoms with van der Waals surface area (Å²) in [5.74, 6) is -0.157. The monoisotopic (exact) mass is 300 g/mol. The van der Waals surface area contributed by atoms with E-state index in [-0.39, 0.29) is 5.91 Å². The van der Waals surface area contributed by atoms with Crippen LogP contribution in [0.15, 0.2) is 42.0 Å². The molecule has 4 N–H and O–H groups in total. The first-order valence-electron chi connectivity index (χ1n) is 6.70. The van der Waals surface area contributed by atoms with Gasteiger partial charge in [0.2, 0.25) is 5.91 Å². The minimum Gasteiger partial charge on any atom is -0.361 e. The van der Waals surface area contributed by atoms with Crippen LogP contribution in [0.4, 0.5) is 0 Å². The van der Waals surface area contributed by atoms with E-state index in [4.69, 9.17) is 5.73 Å². The third-order valence-corrected chi connectivity index (χ3v) is 4.13. The Morgan fingerprint density at radius 2 is 2.29 bits per heavy atom. The molecule has 0 aliphatic carbocycles. The van der Waals surface area contributed by atoms with Crippen molar-refractivity contribution in [3.63, 3.8) is 0 Å². The highest BCUT2D eigenvalue weighted by molar-refractivity contribution is 7.09. The molecule has 5 nitrogen and oxygen atoms in total. The van der Waals surface area contributed by atoms with Gasteiger partial charge in [-0.2, -0.15) is 0 Å². The fourth-order valence-corrected chi connectivity index (χ4v) is 2.82. The maximum atomic E-state index is 12.0. The van der Waals surface area contributed by atoms with Crippen molar-refractivity contribution in [3.05, 3.63) is 52.6 Å². The molecule has 108 valence electrons. The molecular weight excluding hydrogens is 284 g/mol. The van der Waals surface area contributed by atoms with Gasteiger partial charge in [0.1, 0.15) is 5.01 Å². The molecule has 0 aliphatic rings. The largest absolute Gasteiger partial charge is 0.361 e. The first-order chi connectivity index (χ1) is 10.2. The molecule has 0 bridgehead atoms. The molecule has 6 heteroatoms. The lowest BCUT2D eigenvalue weighted by Crippen LogP contribution is -2.41. The van der Waals surface area contributed by atoms with Crippen molar-refractivity contribution >= 4 is 28.1 Å². The summed E-state index contributed by atoms with van der Waals surface area (Å²) in [7, 11) is 0. The van der Waals surface area contributed by atoms with Gasteiger partial charge in [0, 0.05) is 28.7 Å². The summed E-state index contributed by atoms with van der Waals surface area (Å²) in [6.07, 6.45) is 4.14. The summed E-state index contributed by atoms with van der Waals surface area (Å²) in [4.78, 5) is 19.3. The summed E-state index contributed by atoms with van der Waals surface area (Å²) >= 11 is 1.51. The van der Waals surface area contributed by atoms with Crippen molar-refractivity contribution in [2.75, 3.05) is 0 Å². The molecule has 1 amide bonds. The number of aromatic nitrogens is 2. The normalized spacial score (nSPS) is 12.4. The molecule has 1 unspecified atom stereocenters. The van der Waals surface area contributed by atoms with Crippen LogP contribution >= 0.6 is 11.3 Å². The third-order valence-electron chi connectivity index (χ3n) is 3.35. The van der Waals surface area contributed by atoms with E-state index in [1.54, 1.807) is 6.20 Å². The van der Waals surface area contributed by atoms with Crippen LogP contribution in [-0.4, -0.2) is 21.9 Å². The minimum atomic E-state index is -0.566. The first kappa shape index (κ1) is 13.8. The molecule has 2 heterocycles. The summed E-state index contributed by atoms with van der Waals surface area (Å²) in [5.41, 5.74) is 8.11. The zero-order valence-corrected chi connectivity index (χ0v) is 12.2. The second-order valence-corrected chi connectivity index (χ2v) is 5.79. The van der Waals surface area contributed by atoms with E-state index in [1.165, 1.54) is 11.3 Å². The molecule has 0 saturated heterocycles. The number of rotatable bonds is 5.